The van der Waals surface area contributed by atoms with E-state index >= 15 is 0 Å². The van der Waals surface area contributed by atoms with E-state index in [1.807, 2.05) is 24.3 Å². The maximum absolute atomic E-state index is 10.4. The lowest BCUT2D eigenvalue weighted by Crippen LogP contribution is -1.90. The van der Waals surface area contributed by atoms with Crippen LogP contribution in [0.1, 0.15) is 17.5 Å². The Labute approximate surface area is 88.3 Å². The highest BCUT2D eigenvalue weighted by molar-refractivity contribution is 5.85. The van der Waals surface area contributed by atoms with Gasteiger partial charge in [-0.2, -0.15) is 5.26 Å². The van der Waals surface area contributed by atoms with E-state index in [0.717, 1.165) is 17.2 Å². The summed E-state index contributed by atoms with van der Waals surface area (Å²) in [6.45, 7) is 0. The van der Waals surface area contributed by atoms with Crippen molar-refractivity contribution in [1.29, 1.82) is 5.26 Å². The Kier molecular flexibility index (Phi) is 4.11. The van der Waals surface area contributed by atoms with Gasteiger partial charge in [-0.1, -0.05) is 24.3 Å². The predicted molar refractivity (Wildman–Crippen MR) is 57.0 cm³/mol. The number of aliphatic carboxylic acids is 1. The number of carbonyl (C=O) groups is 1. The SMILES string of the molecule is N#CCCc1ccccc1/C=C/C(=O)O. The topological polar surface area (TPSA) is 61.1 Å². The minimum absolute atomic E-state index is 0.442. The highest BCUT2D eigenvalue weighted by Gasteiger charge is 1.98. The first-order chi connectivity index (χ1) is 7.24. The number of hydrogen-bond donors (Lipinski definition) is 1. The molecule has 0 aromatic heterocycles. The number of nitriles is 1. The van der Waals surface area contributed by atoms with Crippen molar-refractivity contribution in [3.05, 3.63) is 41.5 Å². The van der Waals surface area contributed by atoms with Crippen molar-refractivity contribution in [2.75, 3.05) is 0 Å². The van der Waals surface area contributed by atoms with Crippen molar-refractivity contribution < 1.29 is 9.90 Å². The molecule has 0 unspecified atom stereocenters. The Morgan fingerprint density at radius 3 is 2.87 bits per heavy atom. The fourth-order valence-corrected chi connectivity index (χ4v) is 1.28. The predicted octanol–water partition coefficient (Wildman–Crippen LogP) is 2.24. The second kappa shape index (κ2) is 5.61. The van der Waals surface area contributed by atoms with E-state index in [1.165, 1.54) is 0 Å². The number of carboxylic acid groups (broad SMARTS) is 1. The van der Waals surface area contributed by atoms with Gasteiger partial charge in [0.2, 0.25) is 0 Å². The molecule has 0 aliphatic carbocycles. The largest absolute Gasteiger partial charge is 0.478 e. The van der Waals surface area contributed by atoms with E-state index in [9.17, 15) is 4.79 Å². The van der Waals surface area contributed by atoms with E-state index in [4.69, 9.17) is 10.4 Å². The smallest absolute Gasteiger partial charge is 0.328 e. The molecular formula is C12H11NO2. The minimum Gasteiger partial charge on any atom is -0.478 e. The highest BCUT2D eigenvalue weighted by Crippen LogP contribution is 2.12. The van der Waals surface area contributed by atoms with Gasteiger partial charge in [-0.15, -0.1) is 0 Å². The molecule has 3 heteroatoms. The molecule has 0 amide bonds. The number of rotatable bonds is 4. The van der Waals surface area contributed by atoms with Crippen LogP contribution < -0.4 is 0 Å². The summed E-state index contributed by atoms with van der Waals surface area (Å²) in [5.41, 5.74) is 1.85. The Bertz CT molecular complexity index is 416. The quantitative estimate of drug-likeness (QED) is 0.760. The number of aryl methyl sites for hydroxylation is 1. The van der Waals surface area contributed by atoms with E-state index < -0.39 is 5.97 Å². The lowest BCUT2D eigenvalue weighted by atomic mass is 10.0. The van der Waals surface area contributed by atoms with Gasteiger partial charge in [0.1, 0.15) is 0 Å². The third-order valence-electron chi connectivity index (χ3n) is 1.97. The summed E-state index contributed by atoms with van der Waals surface area (Å²) in [6.07, 6.45) is 3.74. The van der Waals surface area contributed by atoms with Gasteiger partial charge in [0.15, 0.2) is 0 Å². The molecule has 0 heterocycles. The molecule has 1 aromatic rings. The van der Waals surface area contributed by atoms with Gasteiger partial charge in [-0.25, -0.2) is 4.79 Å². The third kappa shape index (κ3) is 3.65. The Balaban J connectivity index is 2.86. The van der Waals surface area contributed by atoms with Crippen LogP contribution in [0, 0.1) is 11.3 Å². The zero-order chi connectivity index (χ0) is 11.1. The van der Waals surface area contributed by atoms with Gasteiger partial charge in [0.05, 0.1) is 6.07 Å². The van der Waals surface area contributed by atoms with Crippen LogP contribution >= 0.6 is 0 Å². The van der Waals surface area contributed by atoms with Crippen LogP contribution in [0.5, 0.6) is 0 Å². The molecule has 1 aromatic carbocycles. The fraction of sp³-hybridized carbons (Fsp3) is 0.167. The zero-order valence-corrected chi connectivity index (χ0v) is 8.18. The monoisotopic (exact) mass is 201 g/mol. The van der Waals surface area contributed by atoms with E-state index in [-0.39, 0.29) is 0 Å². The number of carboxylic acids is 1. The maximum Gasteiger partial charge on any atom is 0.328 e. The first kappa shape index (κ1) is 11.0. The maximum atomic E-state index is 10.4. The second-order valence-electron chi connectivity index (χ2n) is 3.03. The highest BCUT2D eigenvalue weighted by atomic mass is 16.4. The summed E-state index contributed by atoms with van der Waals surface area (Å²) < 4.78 is 0. The Morgan fingerprint density at radius 1 is 1.47 bits per heavy atom. The standard InChI is InChI=1S/C12H11NO2/c13-9-3-6-10-4-1-2-5-11(10)7-8-12(14)15/h1-2,4-5,7-8H,3,6H2,(H,14,15)/b8-7+. The number of benzene rings is 1. The fourth-order valence-electron chi connectivity index (χ4n) is 1.28. The van der Waals surface area contributed by atoms with Crippen LogP contribution in [0.3, 0.4) is 0 Å². The Morgan fingerprint density at radius 2 is 2.20 bits per heavy atom. The van der Waals surface area contributed by atoms with Crippen molar-refractivity contribution in [2.24, 2.45) is 0 Å². The molecular weight excluding hydrogens is 190 g/mol. The first-order valence-electron chi connectivity index (χ1n) is 4.60. The van der Waals surface area contributed by atoms with Crippen LogP contribution in [-0.4, -0.2) is 11.1 Å². The molecule has 0 fully saturated rings. The van der Waals surface area contributed by atoms with Crippen LogP contribution in [0.25, 0.3) is 6.08 Å². The van der Waals surface area contributed by atoms with Crippen molar-refractivity contribution >= 4 is 12.0 Å². The van der Waals surface area contributed by atoms with Gasteiger partial charge < -0.3 is 5.11 Å². The van der Waals surface area contributed by atoms with Crippen LogP contribution in [0.15, 0.2) is 30.3 Å². The van der Waals surface area contributed by atoms with Crippen LogP contribution in [-0.2, 0) is 11.2 Å². The van der Waals surface area contributed by atoms with Gasteiger partial charge >= 0.3 is 5.97 Å². The van der Waals surface area contributed by atoms with Crippen molar-refractivity contribution in [1.82, 2.24) is 0 Å². The third-order valence-corrected chi connectivity index (χ3v) is 1.97. The molecule has 76 valence electrons. The molecule has 1 rings (SSSR count). The normalized spacial score (nSPS) is 10.1. The summed E-state index contributed by atoms with van der Waals surface area (Å²) in [4.78, 5) is 10.4. The van der Waals surface area contributed by atoms with Crippen molar-refractivity contribution in [3.8, 4) is 6.07 Å². The van der Waals surface area contributed by atoms with Gasteiger partial charge in [0.25, 0.3) is 0 Å². The lowest BCUT2D eigenvalue weighted by Gasteiger charge is -2.02. The average molecular weight is 201 g/mol. The molecule has 3 nitrogen and oxygen atoms in total. The second-order valence-corrected chi connectivity index (χ2v) is 3.03. The van der Waals surface area contributed by atoms with Gasteiger partial charge in [-0.3, -0.25) is 0 Å². The molecule has 0 aliphatic rings. The summed E-state index contributed by atoms with van der Waals surface area (Å²) in [7, 11) is 0. The molecule has 15 heavy (non-hydrogen) atoms. The zero-order valence-electron chi connectivity index (χ0n) is 8.18. The molecule has 0 radical (unpaired) electrons. The minimum atomic E-state index is -0.968. The summed E-state index contributed by atoms with van der Waals surface area (Å²) >= 11 is 0. The molecule has 0 atom stereocenters. The average Bonchev–Trinajstić information content (AvgIpc) is 2.24. The molecule has 0 aliphatic heterocycles. The van der Waals surface area contributed by atoms with Gasteiger partial charge in [0, 0.05) is 12.5 Å². The van der Waals surface area contributed by atoms with E-state index in [2.05, 4.69) is 6.07 Å². The summed E-state index contributed by atoms with van der Waals surface area (Å²) in [6, 6.07) is 9.53. The van der Waals surface area contributed by atoms with E-state index in [1.54, 1.807) is 6.08 Å². The molecule has 0 saturated heterocycles. The van der Waals surface area contributed by atoms with Gasteiger partial charge in [-0.05, 0) is 23.6 Å². The van der Waals surface area contributed by atoms with E-state index in [0.29, 0.717) is 12.8 Å². The summed E-state index contributed by atoms with van der Waals surface area (Å²) in [5, 5.41) is 17.0. The van der Waals surface area contributed by atoms with Crippen molar-refractivity contribution in [3.63, 3.8) is 0 Å². The van der Waals surface area contributed by atoms with Crippen molar-refractivity contribution in [2.45, 2.75) is 12.8 Å². The molecule has 0 bridgehead atoms. The molecule has 0 spiro atoms. The first-order valence-corrected chi connectivity index (χ1v) is 4.60. The van der Waals surface area contributed by atoms with Crippen LogP contribution in [0.4, 0.5) is 0 Å². The lowest BCUT2D eigenvalue weighted by molar-refractivity contribution is -0.131. The number of nitrogens with zero attached hydrogens (tertiary/aromatic N) is 1. The number of hydrogen-bond acceptors (Lipinski definition) is 2. The van der Waals surface area contributed by atoms with Crippen LogP contribution in [0.2, 0.25) is 0 Å². The Hall–Kier alpha value is -2.08. The summed E-state index contributed by atoms with van der Waals surface area (Å²) in [5.74, 6) is -0.968. The molecule has 1 N–H and O–H groups in total. The molecule has 0 saturated carbocycles.